The van der Waals surface area contributed by atoms with Crippen LogP contribution in [0.1, 0.15) is 60.7 Å². The Morgan fingerprint density at radius 3 is 2.58 bits per heavy atom. The van der Waals surface area contributed by atoms with Gasteiger partial charge < -0.3 is 24.4 Å². The Hall–Kier alpha value is -3.45. The van der Waals surface area contributed by atoms with Gasteiger partial charge in [-0.1, -0.05) is 31.2 Å². The Balaban J connectivity index is 1.65. The van der Waals surface area contributed by atoms with Gasteiger partial charge in [-0.2, -0.15) is 0 Å². The summed E-state index contributed by atoms with van der Waals surface area (Å²) >= 11 is 1.10. The maximum absolute atomic E-state index is 14.3. The van der Waals surface area contributed by atoms with Crippen LogP contribution in [0.5, 0.6) is 5.75 Å². The summed E-state index contributed by atoms with van der Waals surface area (Å²) in [5.41, 5.74) is 0.988. The Morgan fingerprint density at radius 2 is 1.89 bits per heavy atom. The van der Waals surface area contributed by atoms with E-state index in [0.29, 0.717) is 30.9 Å². The molecule has 0 spiro atoms. The third-order valence-corrected chi connectivity index (χ3v) is 10.7. The first kappa shape index (κ1) is 34.4. The van der Waals surface area contributed by atoms with Gasteiger partial charge in [0.25, 0.3) is 21.8 Å². The van der Waals surface area contributed by atoms with Crippen LogP contribution in [-0.2, 0) is 14.8 Å². The second-order valence-electron chi connectivity index (χ2n) is 11.6. The van der Waals surface area contributed by atoms with Crippen molar-refractivity contribution < 1.29 is 32.6 Å². The van der Waals surface area contributed by atoms with Crippen molar-refractivity contribution in [3.05, 3.63) is 77.2 Å². The number of nitrogens with one attached hydrogen (secondary N) is 1. The number of carbonyl (C=O) groups is 2. The average Bonchev–Trinajstić information content (AvgIpc) is 3.59. The van der Waals surface area contributed by atoms with E-state index in [1.807, 2.05) is 32.0 Å². The molecule has 0 saturated heterocycles. The zero-order valence-corrected chi connectivity index (χ0v) is 27.9. The molecule has 4 rings (SSSR count). The average molecular weight is 658 g/mol. The van der Waals surface area contributed by atoms with Crippen molar-refractivity contribution in [2.75, 3.05) is 38.1 Å². The lowest BCUT2D eigenvalue weighted by Crippen LogP contribution is -2.48. The largest absolute Gasteiger partial charge is 0.490 e. The van der Waals surface area contributed by atoms with Gasteiger partial charge in [-0.15, -0.1) is 11.3 Å². The number of rotatable bonds is 8. The van der Waals surface area contributed by atoms with Crippen LogP contribution in [0.4, 0.5) is 5.69 Å². The summed E-state index contributed by atoms with van der Waals surface area (Å²) in [4.78, 5) is 30.6. The third kappa shape index (κ3) is 9.06. The van der Waals surface area contributed by atoms with E-state index in [1.165, 1.54) is 12.1 Å². The number of thiophene rings is 1. The van der Waals surface area contributed by atoms with Gasteiger partial charge in [0.2, 0.25) is 0 Å². The van der Waals surface area contributed by atoms with E-state index in [0.717, 1.165) is 24.2 Å². The van der Waals surface area contributed by atoms with E-state index >= 15 is 0 Å². The van der Waals surface area contributed by atoms with Gasteiger partial charge in [0.15, 0.2) is 0 Å². The van der Waals surface area contributed by atoms with Crippen LogP contribution in [0, 0.1) is 5.92 Å². The van der Waals surface area contributed by atoms with Crippen molar-refractivity contribution in [2.24, 2.45) is 5.92 Å². The number of anilines is 1. The predicted octanol–water partition coefficient (Wildman–Crippen LogP) is 5.12. The number of aliphatic hydroxyl groups excluding tert-OH is 1. The number of benzene rings is 2. The molecular formula is C33H43N3O7S2. The normalized spacial score (nSPS) is 20.8. The minimum atomic E-state index is -3.85. The molecule has 0 saturated carbocycles. The number of amides is 2. The minimum Gasteiger partial charge on any atom is -0.490 e. The lowest BCUT2D eigenvalue weighted by molar-refractivity contribution is -0.0149. The van der Waals surface area contributed by atoms with Gasteiger partial charge >= 0.3 is 0 Å². The van der Waals surface area contributed by atoms with E-state index in [4.69, 9.17) is 9.47 Å². The highest BCUT2D eigenvalue weighted by Gasteiger charge is 2.31. The van der Waals surface area contributed by atoms with E-state index in [1.54, 1.807) is 59.5 Å². The highest BCUT2D eigenvalue weighted by atomic mass is 32.2. The molecule has 0 fully saturated rings. The molecule has 2 amide bonds. The van der Waals surface area contributed by atoms with Gasteiger partial charge in [-0.05, 0) is 74.9 Å². The number of nitrogens with zero attached hydrogens (tertiary/aromatic N) is 2. The third-order valence-electron chi connectivity index (χ3n) is 7.88. The maximum atomic E-state index is 14.3. The molecule has 45 heavy (non-hydrogen) atoms. The number of hydrogen-bond donors (Lipinski definition) is 2. The SMILES string of the molecule is C[C@@H]1CN([C@@H](C)CO)C(=O)c2cc(NS(=O)(=O)c3cccs3)ccc2O[C@@H](C)CCCCO[C@@H]1CN(C)C(=O)c1ccccc1. The number of aliphatic hydroxyl groups is 1. The number of sulfonamides is 1. The Bertz CT molecular complexity index is 1520. The Morgan fingerprint density at radius 1 is 1.13 bits per heavy atom. The smallest absolute Gasteiger partial charge is 0.271 e. The summed E-state index contributed by atoms with van der Waals surface area (Å²) < 4.78 is 41.2. The number of hydrogen-bond acceptors (Lipinski definition) is 8. The van der Waals surface area contributed by atoms with Gasteiger partial charge in [-0.25, -0.2) is 8.42 Å². The van der Waals surface area contributed by atoms with Gasteiger partial charge in [0.05, 0.1) is 30.4 Å². The maximum Gasteiger partial charge on any atom is 0.271 e. The lowest BCUT2D eigenvalue weighted by atomic mass is 10.0. The first-order valence-electron chi connectivity index (χ1n) is 15.2. The number of ether oxygens (including phenoxy) is 2. The van der Waals surface area contributed by atoms with Gasteiger partial charge in [0.1, 0.15) is 9.96 Å². The molecule has 1 aliphatic rings. The standard InChI is InChI=1S/C33H43N3O7S2/c1-23-20-36(24(2)22-37)33(39)28-19-27(34-45(40,41)31-14-10-18-44-31)15-16-29(28)43-25(3)11-8-9-17-42-30(23)21-35(4)32(38)26-12-6-5-7-13-26/h5-7,10,12-16,18-19,23-25,30,34,37H,8-9,11,17,20-22H2,1-4H3/t23-,24+,25+,30-/m1/s1. The fourth-order valence-corrected chi connectivity index (χ4v) is 7.27. The number of likely N-dealkylation sites (N-methyl/N-ethyl adjacent to an activating group) is 1. The summed E-state index contributed by atoms with van der Waals surface area (Å²) in [5, 5.41) is 11.9. The Kier molecular flexibility index (Phi) is 12.0. The summed E-state index contributed by atoms with van der Waals surface area (Å²) in [6.07, 6.45) is 1.73. The molecule has 1 aliphatic heterocycles. The van der Waals surface area contributed by atoms with E-state index in [-0.39, 0.29) is 52.6 Å². The molecule has 10 nitrogen and oxygen atoms in total. The van der Waals surface area contributed by atoms with Crippen LogP contribution >= 0.6 is 11.3 Å². The van der Waals surface area contributed by atoms with Crippen LogP contribution in [0.2, 0.25) is 0 Å². The zero-order chi connectivity index (χ0) is 32.6. The molecule has 12 heteroatoms. The number of fused-ring (bicyclic) bond motifs is 1. The van der Waals surface area contributed by atoms with Crippen molar-refractivity contribution in [1.82, 2.24) is 9.80 Å². The number of carbonyl (C=O) groups excluding carboxylic acids is 2. The zero-order valence-electron chi connectivity index (χ0n) is 26.2. The molecule has 1 aromatic heterocycles. The van der Waals surface area contributed by atoms with E-state index in [9.17, 15) is 23.1 Å². The van der Waals surface area contributed by atoms with Crippen molar-refractivity contribution in [2.45, 2.75) is 62.5 Å². The summed E-state index contributed by atoms with van der Waals surface area (Å²) in [6.45, 7) is 6.38. The van der Waals surface area contributed by atoms with Gasteiger partial charge in [-0.3, -0.25) is 14.3 Å². The fourth-order valence-electron chi connectivity index (χ4n) is 5.22. The van der Waals surface area contributed by atoms with Crippen LogP contribution in [-0.4, -0.2) is 86.7 Å². The first-order valence-corrected chi connectivity index (χ1v) is 17.6. The van der Waals surface area contributed by atoms with Crippen LogP contribution in [0.3, 0.4) is 0 Å². The first-order chi connectivity index (χ1) is 21.5. The summed E-state index contributed by atoms with van der Waals surface area (Å²) in [7, 11) is -2.11. The molecule has 0 unspecified atom stereocenters. The van der Waals surface area contributed by atoms with Crippen LogP contribution < -0.4 is 9.46 Å². The second-order valence-corrected chi connectivity index (χ2v) is 14.5. The molecule has 244 valence electrons. The molecule has 2 N–H and O–H groups in total. The topological polar surface area (TPSA) is 125 Å². The molecule has 0 bridgehead atoms. The fraction of sp³-hybridized carbons (Fsp3) is 0.455. The van der Waals surface area contributed by atoms with Crippen LogP contribution in [0.25, 0.3) is 0 Å². The quantitative estimate of drug-likeness (QED) is 0.345. The predicted molar refractivity (Wildman–Crippen MR) is 175 cm³/mol. The molecule has 2 aromatic carbocycles. The van der Waals surface area contributed by atoms with Crippen molar-refractivity contribution in [3.8, 4) is 5.75 Å². The van der Waals surface area contributed by atoms with E-state index < -0.39 is 22.0 Å². The molecule has 2 heterocycles. The van der Waals surface area contributed by atoms with Crippen molar-refractivity contribution >= 4 is 38.9 Å². The molecule has 3 aromatic rings. The summed E-state index contributed by atoms with van der Waals surface area (Å²) in [6, 6.07) is 16.3. The highest BCUT2D eigenvalue weighted by Crippen LogP contribution is 2.30. The van der Waals surface area contributed by atoms with Crippen molar-refractivity contribution in [3.63, 3.8) is 0 Å². The second kappa shape index (κ2) is 15.7. The van der Waals surface area contributed by atoms with Gasteiger partial charge in [0, 0.05) is 43.9 Å². The molecule has 0 aliphatic carbocycles. The summed E-state index contributed by atoms with van der Waals surface area (Å²) in [5.74, 6) is -0.416. The lowest BCUT2D eigenvalue weighted by Gasteiger charge is -2.36. The highest BCUT2D eigenvalue weighted by molar-refractivity contribution is 7.94. The monoisotopic (exact) mass is 657 g/mol. The van der Waals surface area contributed by atoms with Crippen molar-refractivity contribution in [1.29, 1.82) is 0 Å². The minimum absolute atomic E-state index is 0.125. The molecule has 0 radical (unpaired) electrons. The van der Waals surface area contributed by atoms with E-state index in [2.05, 4.69) is 4.72 Å². The molecule has 4 atom stereocenters. The van der Waals surface area contributed by atoms with Crippen LogP contribution in [0.15, 0.2) is 70.3 Å². The molecular weight excluding hydrogens is 615 g/mol. The Labute approximate surface area is 270 Å².